The Morgan fingerprint density at radius 1 is 1.21 bits per heavy atom. The molecule has 2 fully saturated rings. The lowest BCUT2D eigenvalue weighted by molar-refractivity contribution is -0.384. The lowest BCUT2D eigenvalue weighted by atomic mass is 10.0. The van der Waals surface area contributed by atoms with Gasteiger partial charge in [-0.3, -0.25) is 15.0 Å². The molecule has 1 saturated heterocycles. The summed E-state index contributed by atoms with van der Waals surface area (Å²) in [6, 6.07) is 9.30. The highest BCUT2D eigenvalue weighted by molar-refractivity contribution is 5.58. The van der Waals surface area contributed by atoms with Crippen molar-refractivity contribution in [1.29, 1.82) is 0 Å². The van der Waals surface area contributed by atoms with E-state index in [0.29, 0.717) is 24.4 Å². The van der Waals surface area contributed by atoms with Gasteiger partial charge in [0, 0.05) is 25.2 Å². The van der Waals surface area contributed by atoms with Gasteiger partial charge in [0.05, 0.1) is 4.92 Å². The van der Waals surface area contributed by atoms with E-state index >= 15 is 0 Å². The van der Waals surface area contributed by atoms with Crippen LogP contribution in [0.25, 0.3) is 0 Å². The molecule has 8 heteroatoms. The first-order valence-electron chi connectivity index (χ1n) is 10.4. The number of piperidine rings is 1. The van der Waals surface area contributed by atoms with Gasteiger partial charge in [0.1, 0.15) is 6.20 Å². The number of likely N-dealkylation sites (tertiary alicyclic amines) is 1. The summed E-state index contributed by atoms with van der Waals surface area (Å²) in [4.78, 5) is 21.8. The number of benzene rings is 1. The van der Waals surface area contributed by atoms with Crippen LogP contribution >= 0.6 is 0 Å². The molecule has 1 saturated carbocycles. The van der Waals surface area contributed by atoms with E-state index in [-0.39, 0.29) is 11.7 Å². The molecule has 2 aromatic rings. The summed E-state index contributed by atoms with van der Waals surface area (Å²) < 4.78 is 0. The first kappa shape index (κ1) is 19.6. The van der Waals surface area contributed by atoms with E-state index in [2.05, 4.69) is 50.6 Å². The first-order chi connectivity index (χ1) is 14.1. The van der Waals surface area contributed by atoms with Gasteiger partial charge >= 0.3 is 5.69 Å². The van der Waals surface area contributed by atoms with Crippen LogP contribution < -0.4 is 10.6 Å². The molecule has 1 aromatic carbocycles. The molecule has 1 atom stereocenters. The minimum Gasteiger partial charge on any atom is -0.361 e. The Morgan fingerprint density at radius 3 is 2.72 bits per heavy atom. The van der Waals surface area contributed by atoms with Crippen molar-refractivity contribution in [3.63, 3.8) is 0 Å². The smallest absolute Gasteiger partial charge is 0.329 e. The minimum atomic E-state index is -0.441. The van der Waals surface area contributed by atoms with Gasteiger partial charge in [0.25, 0.3) is 0 Å². The van der Waals surface area contributed by atoms with Crippen molar-refractivity contribution < 1.29 is 4.92 Å². The van der Waals surface area contributed by atoms with Gasteiger partial charge in [0.15, 0.2) is 0 Å². The highest BCUT2D eigenvalue weighted by atomic mass is 16.6. The summed E-state index contributed by atoms with van der Waals surface area (Å²) in [5.41, 5.74) is 2.41. The van der Waals surface area contributed by atoms with Crippen LogP contribution in [0, 0.1) is 10.1 Å². The van der Waals surface area contributed by atoms with Crippen molar-refractivity contribution in [2.45, 2.75) is 64.2 Å². The van der Waals surface area contributed by atoms with Crippen LogP contribution in [0.3, 0.4) is 0 Å². The SMILES string of the molecule is CC1CCCCN1Cc1ccccc1CNc1ncc([N+](=O)[O-])c(NC2CC2)n1. The summed E-state index contributed by atoms with van der Waals surface area (Å²) in [6.07, 6.45) is 7.15. The second-order valence-corrected chi connectivity index (χ2v) is 8.04. The van der Waals surface area contributed by atoms with Gasteiger partial charge in [-0.25, -0.2) is 4.98 Å². The molecule has 154 valence electrons. The summed E-state index contributed by atoms with van der Waals surface area (Å²) in [6.45, 7) is 4.97. The minimum absolute atomic E-state index is 0.0815. The Hall–Kier alpha value is -2.74. The van der Waals surface area contributed by atoms with Crippen molar-refractivity contribution in [2.75, 3.05) is 17.2 Å². The molecular formula is C21H28N6O2. The normalized spacial score (nSPS) is 19.7. The van der Waals surface area contributed by atoms with E-state index in [4.69, 9.17) is 0 Å². The van der Waals surface area contributed by atoms with Gasteiger partial charge in [-0.15, -0.1) is 0 Å². The molecule has 2 N–H and O–H groups in total. The molecular weight excluding hydrogens is 368 g/mol. The van der Waals surface area contributed by atoms with E-state index in [0.717, 1.165) is 25.9 Å². The van der Waals surface area contributed by atoms with Crippen LogP contribution in [-0.4, -0.2) is 38.4 Å². The predicted octanol–water partition coefficient (Wildman–Crippen LogP) is 3.95. The molecule has 4 rings (SSSR count). The van der Waals surface area contributed by atoms with Crippen LogP contribution in [0.2, 0.25) is 0 Å². The molecule has 1 unspecified atom stereocenters. The van der Waals surface area contributed by atoms with E-state index in [1.807, 2.05) is 6.07 Å². The van der Waals surface area contributed by atoms with E-state index in [9.17, 15) is 10.1 Å². The van der Waals surface area contributed by atoms with Crippen LogP contribution in [-0.2, 0) is 13.1 Å². The fourth-order valence-corrected chi connectivity index (χ4v) is 3.79. The number of aromatic nitrogens is 2. The first-order valence-corrected chi connectivity index (χ1v) is 10.4. The number of nitro groups is 1. The Morgan fingerprint density at radius 2 is 2.00 bits per heavy atom. The van der Waals surface area contributed by atoms with Crippen molar-refractivity contribution >= 4 is 17.5 Å². The van der Waals surface area contributed by atoms with Gasteiger partial charge < -0.3 is 10.6 Å². The van der Waals surface area contributed by atoms with Crippen LogP contribution in [0.4, 0.5) is 17.5 Å². The third-order valence-corrected chi connectivity index (χ3v) is 5.75. The third kappa shape index (κ3) is 5.00. The highest BCUT2D eigenvalue weighted by Crippen LogP contribution is 2.29. The molecule has 0 amide bonds. The zero-order chi connectivity index (χ0) is 20.2. The molecule has 2 aliphatic rings. The molecule has 1 aliphatic carbocycles. The number of anilines is 2. The zero-order valence-electron chi connectivity index (χ0n) is 16.8. The summed E-state index contributed by atoms with van der Waals surface area (Å²) in [5, 5.41) is 17.6. The molecule has 2 heterocycles. The van der Waals surface area contributed by atoms with Crippen molar-refractivity contribution in [1.82, 2.24) is 14.9 Å². The average molecular weight is 396 g/mol. The van der Waals surface area contributed by atoms with Crippen LogP contribution in [0.5, 0.6) is 0 Å². The number of nitrogens with zero attached hydrogens (tertiary/aromatic N) is 4. The maximum absolute atomic E-state index is 11.2. The number of hydrogen-bond donors (Lipinski definition) is 2. The quantitative estimate of drug-likeness (QED) is 0.515. The van der Waals surface area contributed by atoms with Crippen molar-refractivity contribution in [3.8, 4) is 0 Å². The third-order valence-electron chi connectivity index (χ3n) is 5.75. The lowest BCUT2D eigenvalue weighted by Gasteiger charge is -2.33. The Bertz CT molecular complexity index is 870. The van der Waals surface area contributed by atoms with Crippen molar-refractivity contribution in [2.24, 2.45) is 0 Å². The molecule has 0 radical (unpaired) electrons. The van der Waals surface area contributed by atoms with Gasteiger partial charge in [0.2, 0.25) is 11.8 Å². The van der Waals surface area contributed by atoms with Gasteiger partial charge in [-0.1, -0.05) is 30.7 Å². The van der Waals surface area contributed by atoms with Crippen LogP contribution in [0.1, 0.15) is 50.2 Å². The van der Waals surface area contributed by atoms with E-state index in [1.165, 1.54) is 36.6 Å². The standard InChI is InChI=1S/C21H28N6O2/c1-15-6-4-5-11-26(15)14-17-8-3-2-7-16(17)12-22-21-23-13-19(27(28)29)20(25-21)24-18-9-10-18/h2-3,7-8,13,15,18H,4-6,9-12,14H2,1H3,(H2,22,23,24,25). The average Bonchev–Trinajstić information content (AvgIpc) is 3.53. The van der Waals surface area contributed by atoms with Crippen LogP contribution in [0.15, 0.2) is 30.5 Å². The number of nitrogens with one attached hydrogen (secondary N) is 2. The molecule has 1 aromatic heterocycles. The largest absolute Gasteiger partial charge is 0.361 e. The number of rotatable bonds is 8. The predicted molar refractivity (Wildman–Crippen MR) is 113 cm³/mol. The highest BCUT2D eigenvalue weighted by Gasteiger charge is 2.26. The zero-order valence-corrected chi connectivity index (χ0v) is 16.8. The summed E-state index contributed by atoms with van der Waals surface area (Å²) >= 11 is 0. The van der Waals surface area contributed by atoms with Gasteiger partial charge in [-0.2, -0.15) is 4.98 Å². The van der Waals surface area contributed by atoms with E-state index < -0.39 is 4.92 Å². The molecule has 8 nitrogen and oxygen atoms in total. The summed E-state index contributed by atoms with van der Waals surface area (Å²) in [7, 11) is 0. The fraction of sp³-hybridized carbons (Fsp3) is 0.524. The number of hydrogen-bond acceptors (Lipinski definition) is 7. The lowest BCUT2D eigenvalue weighted by Crippen LogP contribution is -2.37. The second kappa shape index (κ2) is 8.73. The topological polar surface area (TPSA) is 96.2 Å². The Kier molecular flexibility index (Phi) is 5.89. The maximum atomic E-state index is 11.2. The van der Waals surface area contributed by atoms with Gasteiger partial charge in [-0.05, 0) is 50.3 Å². The monoisotopic (exact) mass is 396 g/mol. The molecule has 1 aliphatic heterocycles. The Balaban J connectivity index is 1.45. The second-order valence-electron chi connectivity index (χ2n) is 8.04. The molecule has 0 bridgehead atoms. The fourth-order valence-electron chi connectivity index (χ4n) is 3.79. The Labute approximate surface area is 170 Å². The molecule has 29 heavy (non-hydrogen) atoms. The summed E-state index contributed by atoms with van der Waals surface area (Å²) in [5.74, 6) is 0.699. The molecule has 0 spiro atoms. The maximum Gasteiger partial charge on any atom is 0.329 e. The van der Waals surface area contributed by atoms with E-state index in [1.54, 1.807) is 0 Å². The van der Waals surface area contributed by atoms with Crippen molar-refractivity contribution in [3.05, 3.63) is 51.7 Å².